The Labute approximate surface area is 319 Å². The summed E-state index contributed by atoms with van der Waals surface area (Å²) >= 11 is 0. The first-order valence-electron chi connectivity index (χ1n) is 17.5. The quantitative estimate of drug-likeness (QED) is 0.188. The second-order valence-electron chi connectivity index (χ2n) is 15.8. The third-order valence-electron chi connectivity index (χ3n) is 12.2. The van der Waals surface area contributed by atoms with Crippen molar-refractivity contribution in [3.05, 3.63) is 64.5 Å². The van der Waals surface area contributed by atoms with Gasteiger partial charge in [0.2, 0.25) is 23.6 Å². The van der Waals surface area contributed by atoms with E-state index in [-0.39, 0.29) is 24.2 Å². The van der Waals surface area contributed by atoms with Crippen molar-refractivity contribution < 1.29 is 69.6 Å². The molecule has 4 amide bonds. The summed E-state index contributed by atoms with van der Waals surface area (Å²) in [5, 5.41) is 19.2. The number of nitriles is 1. The molecule has 6 heterocycles. The van der Waals surface area contributed by atoms with Crippen molar-refractivity contribution in [1.82, 2.24) is 0 Å². The zero-order valence-electron chi connectivity index (χ0n) is 30.6. The van der Waals surface area contributed by atoms with Gasteiger partial charge in [0.1, 0.15) is 17.3 Å². The molecular formula is C38H32F6N4O9. The van der Waals surface area contributed by atoms with Gasteiger partial charge in [-0.3, -0.25) is 24.0 Å². The number of amides is 4. The van der Waals surface area contributed by atoms with E-state index in [1.54, 1.807) is 27.7 Å². The number of aliphatic hydroxyl groups excluding tert-OH is 1. The molecule has 8 rings (SSSR count). The van der Waals surface area contributed by atoms with Gasteiger partial charge in [0.15, 0.2) is 5.69 Å². The minimum atomic E-state index is -4.82. The van der Waals surface area contributed by atoms with Gasteiger partial charge in [-0.25, -0.2) is 14.6 Å². The summed E-state index contributed by atoms with van der Waals surface area (Å²) in [4.78, 5) is 68.1. The molecule has 13 nitrogen and oxygen atoms in total. The lowest BCUT2D eigenvalue weighted by Crippen LogP contribution is -2.50. The molecule has 300 valence electrons. The molecule has 0 saturated carbocycles. The number of carbonyl (C=O) groups excluding carboxylic acids is 5. The zero-order chi connectivity index (χ0) is 42.2. The number of carbonyl (C=O) groups is 5. The van der Waals surface area contributed by atoms with E-state index in [0.29, 0.717) is 12.1 Å². The number of imide groups is 2. The predicted molar refractivity (Wildman–Crippen MR) is 179 cm³/mol. The van der Waals surface area contributed by atoms with E-state index in [1.165, 1.54) is 13.0 Å². The van der Waals surface area contributed by atoms with Crippen LogP contribution in [0.5, 0.6) is 0 Å². The molecule has 2 aromatic carbocycles. The van der Waals surface area contributed by atoms with Crippen LogP contribution in [0.2, 0.25) is 0 Å². The molecule has 6 saturated heterocycles. The minimum absolute atomic E-state index is 0.165. The van der Waals surface area contributed by atoms with Crippen LogP contribution in [-0.4, -0.2) is 69.3 Å². The highest BCUT2D eigenvalue weighted by Gasteiger charge is 2.77. The number of esters is 1. The van der Waals surface area contributed by atoms with E-state index in [0.717, 1.165) is 34.1 Å². The fourth-order valence-corrected chi connectivity index (χ4v) is 9.88. The number of benzene rings is 2. The smallest absolute Gasteiger partial charge is 0.417 e. The third-order valence-corrected chi connectivity index (χ3v) is 12.2. The highest BCUT2D eigenvalue weighted by Crippen LogP contribution is 2.63. The summed E-state index contributed by atoms with van der Waals surface area (Å²) in [6.07, 6.45) is -11.0. The molecule has 0 aliphatic carbocycles. The highest BCUT2D eigenvalue weighted by molar-refractivity contribution is 6.24. The van der Waals surface area contributed by atoms with Gasteiger partial charge in [0, 0.05) is 25.5 Å². The lowest BCUT2D eigenvalue weighted by molar-refractivity contribution is -0.159. The largest absolute Gasteiger partial charge is 0.459 e. The summed E-state index contributed by atoms with van der Waals surface area (Å²) in [7, 11) is 0. The van der Waals surface area contributed by atoms with Crippen molar-refractivity contribution in [3.63, 3.8) is 0 Å². The molecule has 0 aromatic heterocycles. The zero-order valence-corrected chi connectivity index (χ0v) is 30.6. The van der Waals surface area contributed by atoms with Crippen LogP contribution in [0.25, 0.3) is 4.85 Å². The standard InChI is InChI=1S/C20H17F3N2O5.C18H15F3N2O4/c1-9(26)29-13-8-18(2)14-15(19(13,3)30-18)17(28)25(16(14)27)10-5-6-12(24-4)11(7-10)20(21,22)23;1-16-6-11(24)17(2,27-16)13-12(16)14(25)23(15(13)26)9-4-3-8(7-22)10(5-9)18(19,20)21/h5-7,13-15H,8H2,1-3H3;3-5,11-13,24H,6H2,1-2H3/t13-,14+,15-,18?,19?;11-,12+,13-,16?,17?/m01/s1. The third kappa shape index (κ3) is 5.57. The molecule has 0 spiro atoms. The molecule has 4 bridgehead atoms. The molecule has 6 fully saturated rings. The van der Waals surface area contributed by atoms with Crippen LogP contribution in [0.1, 0.15) is 64.2 Å². The van der Waals surface area contributed by atoms with Crippen molar-refractivity contribution in [3.8, 4) is 6.07 Å². The van der Waals surface area contributed by atoms with Gasteiger partial charge < -0.3 is 19.3 Å². The number of hydrogen-bond acceptors (Lipinski definition) is 10. The van der Waals surface area contributed by atoms with Crippen molar-refractivity contribution in [2.75, 3.05) is 9.80 Å². The number of halogens is 6. The second-order valence-corrected chi connectivity index (χ2v) is 15.8. The van der Waals surface area contributed by atoms with Crippen LogP contribution in [0.4, 0.5) is 43.4 Å². The fourth-order valence-electron chi connectivity index (χ4n) is 9.88. The van der Waals surface area contributed by atoms with Gasteiger partial charge in [-0.1, -0.05) is 6.07 Å². The van der Waals surface area contributed by atoms with Crippen molar-refractivity contribution in [1.29, 1.82) is 5.26 Å². The summed E-state index contributed by atoms with van der Waals surface area (Å²) < 4.78 is 96.9. The van der Waals surface area contributed by atoms with Gasteiger partial charge in [-0.15, -0.1) is 0 Å². The molecule has 6 aliphatic heterocycles. The summed E-state index contributed by atoms with van der Waals surface area (Å²) in [6, 6.07) is 6.92. The second kappa shape index (κ2) is 12.3. The molecule has 57 heavy (non-hydrogen) atoms. The number of alkyl halides is 6. The van der Waals surface area contributed by atoms with E-state index < -0.39 is 123 Å². The average molecular weight is 803 g/mol. The van der Waals surface area contributed by atoms with Gasteiger partial charge in [0.25, 0.3) is 0 Å². The molecule has 1 N–H and O–H groups in total. The SMILES string of the molecule is CC12C[C@@H](O)C(C)(O1)[C@H]1C(=O)N(c3ccc(C#N)c(C(F)(F)F)c3)C(=O)[C@H]12.[C-]#[N+]c1ccc(N2C(=O)[C@@H]3[C@H](C2=O)C2(C)C[C@H](OC(C)=O)C3(C)O2)cc1C(F)(F)F. The Hall–Kier alpha value is -5.37. The molecule has 0 radical (unpaired) electrons. The normalized spacial score (nSPS) is 36.2. The molecular weight excluding hydrogens is 770 g/mol. The predicted octanol–water partition coefficient (Wildman–Crippen LogP) is 5.24. The van der Waals surface area contributed by atoms with Crippen LogP contribution < -0.4 is 9.80 Å². The van der Waals surface area contributed by atoms with Crippen LogP contribution in [0.3, 0.4) is 0 Å². The van der Waals surface area contributed by atoms with E-state index >= 15 is 0 Å². The fraction of sp³-hybridized carbons (Fsp3) is 0.500. The van der Waals surface area contributed by atoms with Crippen molar-refractivity contribution in [2.45, 2.75) is 94.4 Å². The Morgan fingerprint density at radius 3 is 1.75 bits per heavy atom. The first-order chi connectivity index (χ1) is 26.3. The number of rotatable bonds is 3. The maximum Gasteiger partial charge on any atom is 0.417 e. The van der Waals surface area contributed by atoms with Gasteiger partial charge in [0.05, 0.1) is 76.0 Å². The molecule has 2 aromatic rings. The Balaban J connectivity index is 0.000000175. The highest BCUT2D eigenvalue weighted by atomic mass is 19.4. The summed E-state index contributed by atoms with van der Waals surface area (Å²) in [6.45, 7) is 14.5. The average Bonchev–Trinajstić information content (AvgIpc) is 3.84. The van der Waals surface area contributed by atoms with Crippen molar-refractivity contribution in [2.24, 2.45) is 23.7 Å². The maximum absolute atomic E-state index is 13.4. The van der Waals surface area contributed by atoms with Crippen LogP contribution in [0, 0.1) is 41.6 Å². The first kappa shape index (κ1) is 39.8. The lowest BCUT2D eigenvalue weighted by atomic mass is 9.67. The van der Waals surface area contributed by atoms with E-state index in [9.17, 15) is 55.4 Å². The Morgan fingerprint density at radius 1 is 0.807 bits per heavy atom. The van der Waals surface area contributed by atoms with Crippen LogP contribution >= 0.6 is 0 Å². The molecule has 4 unspecified atom stereocenters. The minimum Gasteiger partial charge on any atom is -0.459 e. The Bertz CT molecular complexity index is 2270. The monoisotopic (exact) mass is 802 g/mol. The first-order valence-corrected chi connectivity index (χ1v) is 17.5. The van der Waals surface area contributed by atoms with Gasteiger partial charge in [-0.2, -0.15) is 31.6 Å². The van der Waals surface area contributed by atoms with E-state index in [1.807, 2.05) is 0 Å². The number of nitrogens with zero attached hydrogens (tertiary/aromatic N) is 4. The number of ether oxygens (including phenoxy) is 3. The van der Waals surface area contributed by atoms with Gasteiger partial charge in [-0.05, 0) is 58.0 Å². The molecule has 19 heteroatoms. The van der Waals surface area contributed by atoms with Crippen LogP contribution in [0.15, 0.2) is 36.4 Å². The number of aliphatic hydroxyl groups is 1. The topological polar surface area (TPSA) is 168 Å². The molecule has 6 aliphatic rings. The lowest BCUT2D eigenvalue weighted by Gasteiger charge is -2.34. The Morgan fingerprint density at radius 2 is 1.26 bits per heavy atom. The van der Waals surface area contributed by atoms with Crippen LogP contribution in [-0.2, 0) is 50.5 Å². The van der Waals surface area contributed by atoms with Gasteiger partial charge >= 0.3 is 18.3 Å². The number of hydrogen-bond donors (Lipinski definition) is 1. The van der Waals surface area contributed by atoms with E-state index in [4.69, 9.17) is 26.0 Å². The summed E-state index contributed by atoms with van der Waals surface area (Å²) in [5.41, 5.74) is -8.83. The number of anilines is 2. The number of fused-ring (bicyclic) bond motifs is 10. The Kier molecular flexibility index (Phi) is 8.61. The maximum atomic E-state index is 13.4. The molecule has 10 atom stereocenters. The van der Waals surface area contributed by atoms with E-state index in [2.05, 4.69) is 4.85 Å². The summed E-state index contributed by atoms with van der Waals surface area (Å²) in [5.74, 6) is -7.03. The van der Waals surface area contributed by atoms with Crippen molar-refractivity contribution >= 4 is 46.7 Å².